The van der Waals surface area contributed by atoms with Crippen LogP contribution in [0.3, 0.4) is 0 Å². The quantitative estimate of drug-likeness (QED) is 0.734. The highest BCUT2D eigenvalue weighted by molar-refractivity contribution is 5.72. The second-order valence-corrected chi connectivity index (χ2v) is 9.27. The van der Waals surface area contributed by atoms with Crippen LogP contribution in [0.2, 0.25) is 0 Å². The fraction of sp³-hybridized carbons (Fsp3) is 0.682. The van der Waals surface area contributed by atoms with Gasteiger partial charge >= 0.3 is 5.97 Å². The van der Waals surface area contributed by atoms with Crippen LogP contribution in [0.5, 0.6) is 0 Å². The van der Waals surface area contributed by atoms with Crippen molar-refractivity contribution < 1.29 is 15.0 Å². The molecular formula is C22H30O3. The standard InChI is InChI=1S/C22H30O3/c1-13-4-6-16-14-5-7-17-15(12-20(24)25)19(23)9-11-22(17,3)18(14)8-10-21(13,16)2/h5,7,9,11,13-14,16,18-19,23H,4,6,8,10,12H2,1-3H3,(H,24,25)/t13-,14+,16+,18+,19?,21-,22+/m1/s1. The molecule has 0 bridgehead atoms. The highest BCUT2D eigenvalue weighted by Crippen LogP contribution is 2.64. The van der Waals surface area contributed by atoms with Crippen molar-refractivity contribution in [3.63, 3.8) is 0 Å². The summed E-state index contributed by atoms with van der Waals surface area (Å²) < 4.78 is 0. The summed E-state index contributed by atoms with van der Waals surface area (Å²) in [6, 6.07) is 0. The molecule has 3 nitrogen and oxygen atoms in total. The Labute approximate surface area is 150 Å². The third-order valence-corrected chi connectivity index (χ3v) is 8.31. The third-order valence-electron chi connectivity index (χ3n) is 8.31. The highest BCUT2D eigenvalue weighted by Gasteiger charge is 2.56. The van der Waals surface area contributed by atoms with Gasteiger partial charge in [0.05, 0.1) is 12.5 Å². The van der Waals surface area contributed by atoms with Crippen molar-refractivity contribution in [2.75, 3.05) is 0 Å². The molecule has 7 atom stereocenters. The van der Waals surface area contributed by atoms with Gasteiger partial charge in [-0.3, -0.25) is 4.79 Å². The minimum Gasteiger partial charge on any atom is -0.481 e. The second kappa shape index (κ2) is 5.57. The van der Waals surface area contributed by atoms with Gasteiger partial charge in [0, 0.05) is 5.41 Å². The van der Waals surface area contributed by atoms with Gasteiger partial charge < -0.3 is 10.2 Å². The summed E-state index contributed by atoms with van der Waals surface area (Å²) >= 11 is 0. The van der Waals surface area contributed by atoms with E-state index in [1.54, 1.807) is 0 Å². The van der Waals surface area contributed by atoms with Gasteiger partial charge in [-0.15, -0.1) is 0 Å². The van der Waals surface area contributed by atoms with Gasteiger partial charge in [0.25, 0.3) is 0 Å². The first kappa shape index (κ1) is 17.1. The minimum absolute atomic E-state index is 0.0731. The van der Waals surface area contributed by atoms with Crippen LogP contribution in [0.1, 0.15) is 52.9 Å². The molecule has 1 unspecified atom stereocenters. The number of carboxylic acids is 1. The number of fused-ring (bicyclic) bond motifs is 5. The van der Waals surface area contributed by atoms with E-state index >= 15 is 0 Å². The Balaban J connectivity index is 1.78. The number of aliphatic hydroxyl groups excluding tert-OH is 1. The maximum Gasteiger partial charge on any atom is 0.307 e. The fourth-order valence-electron chi connectivity index (χ4n) is 6.61. The molecule has 3 heteroatoms. The van der Waals surface area contributed by atoms with Crippen molar-refractivity contribution in [1.82, 2.24) is 0 Å². The van der Waals surface area contributed by atoms with E-state index in [0.29, 0.717) is 22.8 Å². The number of rotatable bonds is 2. The van der Waals surface area contributed by atoms with Gasteiger partial charge in [-0.2, -0.15) is 0 Å². The summed E-state index contributed by atoms with van der Waals surface area (Å²) in [5.41, 5.74) is 2.04. The van der Waals surface area contributed by atoms with E-state index in [9.17, 15) is 15.0 Å². The Kier molecular flexibility index (Phi) is 3.81. The largest absolute Gasteiger partial charge is 0.481 e. The maximum atomic E-state index is 11.3. The first-order valence-electron chi connectivity index (χ1n) is 9.78. The van der Waals surface area contributed by atoms with Crippen molar-refractivity contribution >= 4 is 5.97 Å². The Morgan fingerprint density at radius 2 is 1.96 bits per heavy atom. The predicted octanol–water partition coefficient (Wildman–Crippen LogP) is 4.34. The monoisotopic (exact) mass is 342 g/mol. The molecule has 25 heavy (non-hydrogen) atoms. The molecular weight excluding hydrogens is 312 g/mol. The average Bonchev–Trinajstić information content (AvgIpc) is 2.86. The first-order chi connectivity index (χ1) is 11.8. The molecule has 0 aromatic rings. The molecule has 0 spiro atoms. The highest BCUT2D eigenvalue weighted by atomic mass is 16.4. The predicted molar refractivity (Wildman–Crippen MR) is 97.9 cm³/mol. The molecule has 2 fully saturated rings. The van der Waals surface area contributed by atoms with Gasteiger partial charge in [-0.25, -0.2) is 0 Å². The van der Waals surface area contributed by atoms with Crippen LogP contribution >= 0.6 is 0 Å². The lowest BCUT2D eigenvalue weighted by Gasteiger charge is -2.55. The number of hydrogen-bond acceptors (Lipinski definition) is 2. The minimum atomic E-state index is -0.865. The van der Waals surface area contributed by atoms with Crippen molar-refractivity contribution in [2.45, 2.75) is 59.0 Å². The molecule has 0 heterocycles. The Morgan fingerprint density at radius 1 is 1.20 bits per heavy atom. The van der Waals surface area contributed by atoms with E-state index in [1.807, 2.05) is 6.08 Å². The van der Waals surface area contributed by atoms with Crippen LogP contribution in [-0.2, 0) is 4.79 Å². The molecule has 4 aliphatic rings. The molecule has 2 N–H and O–H groups in total. The topological polar surface area (TPSA) is 57.5 Å². The SMILES string of the molecule is C[C@@H]1CC[C@H]2[C@@H]3C=CC4=C(CC(=O)O)C(O)C=C[C@]4(C)[C@H]3CC[C@]12C. The van der Waals surface area contributed by atoms with Gasteiger partial charge in [0.1, 0.15) is 0 Å². The summed E-state index contributed by atoms with van der Waals surface area (Å²) in [5, 5.41) is 19.6. The van der Waals surface area contributed by atoms with E-state index in [-0.39, 0.29) is 11.8 Å². The van der Waals surface area contributed by atoms with E-state index in [1.165, 1.54) is 25.7 Å². The zero-order chi connectivity index (χ0) is 18.0. The van der Waals surface area contributed by atoms with Crippen molar-refractivity contribution in [2.24, 2.45) is 34.5 Å². The normalized spacial score (nSPS) is 48.1. The Bertz CT molecular complexity index is 687. The number of carboxylic acid groups (broad SMARTS) is 1. The van der Waals surface area contributed by atoms with Crippen LogP contribution in [0.4, 0.5) is 0 Å². The fourth-order valence-corrected chi connectivity index (χ4v) is 6.61. The van der Waals surface area contributed by atoms with E-state index in [0.717, 1.165) is 17.4 Å². The molecule has 0 aromatic heterocycles. The average molecular weight is 342 g/mol. The number of aliphatic hydroxyl groups is 1. The Morgan fingerprint density at radius 3 is 2.68 bits per heavy atom. The summed E-state index contributed by atoms with van der Waals surface area (Å²) in [7, 11) is 0. The van der Waals surface area contributed by atoms with E-state index in [2.05, 4.69) is 39.0 Å². The smallest absolute Gasteiger partial charge is 0.307 e. The second-order valence-electron chi connectivity index (χ2n) is 9.27. The van der Waals surface area contributed by atoms with Crippen molar-refractivity contribution in [1.29, 1.82) is 0 Å². The summed E-state index contributed by atoms with van der Waals surface area (Å²) in [6.07, 6.45) is 12.8. The van der Waals surface area contributed by atoms with Gasteiger partial charge in [0.2, 0.25) is 0 Å². The number of hydrogen-bond donors (Lipinski definition) is 2. The zero-order valence-corrected chi connectivity index (χ0v) is 15.5. The maximum absolute atomic E-state index is 11.3. The van der Waals surface area contributed by atoms with Crippen LogP contribution in [0.15, 0.2) is 35.5 Å². The lowest BCUT2D eigenvalue weighted by molar-refractivity contribution is -0.136. The number of allylic oxidation sites excluding steroid dienone is 4. The van der Waals surface area contributed by atoms with Crippen LogP contribution in [0, 0.1) is 34.5 Å². The first-order valence-corrected chi connectivity index (χ1v) is 9.78. The molecule has 136 valence electrons. The number of carbonyl (C=O) groups is 1. The third kappa shape index (κ3) is 2.31. The summed E-state index contributed by atoms with van der Waals surface area (Å²) in [4.78, 5) is 11.3. The molecule has 0 aliphatic heterocycles. The van der Waals surface area contributed by atoms with Crippen molar-refractivity contribution in [3.8, 4) is 0 Å². The van der Waals surface area contributed by atoms with Crippen LogP contribution in [0.25, 0.3) is 0 Å². The molecule has 4 rings (SSSR count). The van der Waals surface area contributed by atoms with Crippen LogP contribution < -0.4 is 0 Å². The molecule has 4 aliphatic carbocycles. The summed E-state index contributed by atoms with van der Waals surface area (Å²) in [5.74, 6) is 1.75. The molecule has 0 radical (unpaired) electrons. The summed E-state index contributed by atoms with van der Waals surface area (Å²) in [6.45, 7) is 7.17. The van der Waals surface area contributed by atoms with E-state index < -0.39 is 12.1 Å². The van der Waals surface area contributed by atoms with Crippen molar-refractivity contribution in [3.05, 3.63) is 35.5 Å². The van der Waals surface area contributed by atoms with Gasteiger partial charge in [-0.1, -0.05) is 45.1 Å². The molecule has 0 saturated heterocycles. The van der Waals surface area contributed by atoms with Gasteiger partial charge in [0.15, 0.2) is 0 Å². The lowest BCUT2D eigenvalue weighted by Crippen LogP contribution is -2.48. The van der Waals surface area contributed by atoms with Gasteiger partial charge in [-0.05, 0) is 65.9 Å². The molecule has 0 aromatic carbocycles. The zero-order valence-electron chi connectivity index (χ0n) is 15.5. The Hall–Kier alpha value is -1.35. The van der Waals surface area contributed by atoms with Crippen LogP contribution in [-0.4, -0.2) is 22.3 Å². The molecule has 2 saturated carbocycles. The lowest BCUT2D eigenvalue weighted by atomic mass is 9.49. The van der Waals surface area contributed by atoms with E-state index in [4.69, 9.17) is 0 Å². The molecule has 0 amide bonds. The number of aliphatic carboxylic acids is 1.